The SMILES string of the molecule is CCN(CC)C(=O)C1CCN(Cc2ccc(C(=O)N(C)CCN3CCC(OC(=O)Nc4ccccc4-c4ccccc4)CC3)cc2)CC1. The highest BCUT2D eigenvalue weighted by molar-refractivity contribution is 5.94. The summed E-state index contributed by atoms with van der Waals surface area (Å²) in [5, 5.41) is 2.94. The van der Waals surface area contributed by atoms with Crippen molar-refractivity contribution in [3.8, 4) is 11.1 Å². The third kappa shape index (κ3) is 9.45. The van der Waals surface area contributed by atoms with Gasteiger partial charge >= 0.3 is 6.09 Å². The molecule has 2 fully saturated rings. The molecule has 0 aromatic heterocycles. The van der Waals surface area contributed by atoms with Crippen molar-refractivity contribution in [2.45, 2.75) is 52.2 Å². The molecule has 9 heteroatoms. The fourth-order valence-electron chi connectivity index (χ4n) is 6.76. The minimum atomic E-state index is -0.430. The van der Waals surface area contributed by atoms with Crippen LogP contribution >= 0.6 is 0 Å². The Hall–Kier alpha value is -4.21. The molecule has 2 heterocycles. The molecule has 48 heavy (non-hydrogen) atoms. The lowest BCUT2D eigenvalue weighted by Crippen LogP contribution is -2.42. The van der Waals surface area contributed by atoms with Crippen LogP contribution in [-0.4, -0.2) is 103 Å². The Balaban J connectivity index is 1.00. The van der Waals surface area contributed by atoms with Gasteiger partial charge in [0, 0.05) is 69.9 Å². The van der Waals surface area contributed by atoms with Gasteiger partial charge in [0.15, 0.2) is 0 Å². The summed E-state index contributed by atoms with van der Waals surface area (Å²) in [4.78, 5) is 47.1. The quantitative estimate of drug-likeness (QED) is 0.250. The number of carbonyl (C=O) groups excluding carboxylic acids is 3. The first kappa shape index (κ1) is 35.1. The second kappa shape index (κ2) is 17.3. The van der Waals surface area contributed by atoms with Crippen molar-refractivity contribution in [2.75, 3.05) is 64.7 Å². The van der Waals surface area contributed by atoms with E-state index in [1.54, 1.807) is 4.90 Å². The fraction of sp³-hybridized carbons (Fsp3) is 0.462. The summed E-state index contributed by atoms with van der Waals surface area (Å²) in [7, 11) is 1.85. The first-order chi connectivity index (χ1) is 23.3. The van der Waals surface area contributed by atoms with Crippen molar-refractivity contribution in [3.05, 3.63) is 90.0 Å². The number of carbonyl (C=O) groups is 3. The van der Waals surface area contributed by atoms with Gasteiger partial charge in [-0.2, -0.15) is 0 Å². The Bertz CT molecular complexity index is 1480. The molecule has 1 N–H and O–H groups in total. The van der Waals surface area contributed by atoms with Crippen LogP contribution in [0, 0.1) is 5.92 Å². The van der Waals surface area contributed by atoms with Crippen LogP contribution in [0.25, 0.3) is 11.1 Å². The highest BCUT2D eigenvalue weighted by Gasteiger charge is 2.28. The summed E-state index contributed by atoms with van der Waals surface area (Å²) in [6, 6.07) is 25.7. The smallest absolute Gasteiger partial charge is 0.411 e. The minimum Gasteiger partial charge on any atom is -0.446 e. The van der Waals surface area contributed by atoms with Gasteiger partial charge in [0.05, 0.1) is 5.69 Å². The lowest BCUT2D eigenvalue weighted by molar-refractivity contribution is -0.136. The molecule has 0 atom stereocenters. The zero-order chi connectivity index (χ0) is 33.9. The largest absolute Gasteiger partial charge is 0.446 e. The molecule has 3 amide bonds. The van der Waals surface area contributed by atoms with Crippen molar-refractivity contribution < 1.29 is 19.1 Å². The number of likely N-dealkylation sites (tertiary alicyclic amines) is 2. The van der Waals surface area contributed by atoms with E-state index in [0.29, 0.717) is 18.0 Å². The molecule has 5 rings (SSSR count). The molecule has 9 nitrogen and oxygen atoms in total. The molecule has 0 radical (unpaired) electrons. The summed E-state index contributed by atoms with van der Waals surface area (Å²) in [5.74, 6) is 0.451. The summed E-state index contributed by atoms with van der Waals surface area (Å²) in [6.07, 6.45) is 2.76. The first-order valence-electron chi connectivity index (χ1n) is 17.5. The minimum absolute atomic E-state index is 0.0166. The van der Waals surface area contributed by atoms with Crippen LogP contribution in [0.5, 0.6) is 0 Å². The number of nitrogens with one attached hydrogen (secondary N) is 1. The molecule has 0 spiro atoms. The summed E-state index contributed by atoms with van der Waals surface area (Å²) < 4.78 is 5.79. The maximum Gasteiger partial charge on any atom is 0.411 e. The van der Waals surface area contributed by atoms with Crippen LogP contribution in [0.4, 0.5) is 10.5 Å². The Morgan fingerprint density at radius 1 is 0.792 bits per heavy atom. The Labute approximate surface area is 285 Å². The molecule has 0 aliphatic carbocycles. The average Bonchev–Trinajstić information content (AvgIpc) is 3.12. The lowest BCUT2D eigenvalue weighted by atomic mass is 9.95. The number of rotatable bonds is 12. The maximum absolute atomic E-state index is 13.2. The number of likely N-dealkylation sites (N-methyl/N-ethyl adjacent to an activating group) is 1. The van der Waals surface area contributed by atoms with Crippen LogP contribution in [0.15, 0.2) is 78.9 Å². The summed E-state index contributed by atoms with van der Waals surface area (Å²) >= 11 is 0. The highest BCUT2D eigenvalue weighted by Crippen LogP contribution is 2.28. The number of benzene rings is 3. The molecule has 3 aromatic rings. The third-order valence-electron chi connectivity index (χ3n) is 9.77. The molecule has 2 aliphatic heterocycles. The number of anilines is 1. The Kier molecular flexibility index (Phi) is 12.6. The molecule has 2 aliphatic rings. The van der Waals surface area contributed by atoms with Crippen LogP contribution in [0.2, 0.25) is 0 Å². The third-order valence-corrected chi connectivity index (χ3v) is 9.77. The van der Waals surface area contributed by atoms with Crippen LogP contribution in [-0.2, 0) is 16.1 Å². The number of para-hydroxylation sites is 1. The van der Waals surface area contributed by atoms with E-state index in [1.165, 1.54) is 5.56 Å². The van der Waals surface area contributed by atoms with E-state index in [0.717, 1.165) is 94.9 Å². The summed E-state index contributed by atoms with van der Waals surface area (Å²) in [5.41, 5.74) is 4.60. The number of nitrogens with zero attached hydrogens (tertiary/aromatic N) is 4. The second-order valence-corrected chi connectivity index (χ2v) is 13.0. The normalized spacial score (nSPS) is 16.3. The topological polar surface area (TPSA) is 85.4 Å². The van der Waals surface area contributed by atoms with Crippen molar-refractivity contribution >= 4 is 23.6 Å². The molecule has 3 aromatic carbocycles. The zero-order valence-electron chi connectivity index (χ0n) is 28.8. The predicted octanol–water partition coefficient (Wildman–Crippen LogP) is 6.22. The standard InChI is InChI=1S/C39H51N5O4/c1-4-44(5-2)38(46)33-19-23-43(24-20-33)29-30-15-17-32(18-16-30)37(45)41(3)27-28-42-25-21-34(22-26-42)48-39(47)40-36-14-10-9-13-35(36)31-11-7-6-8-12-31/h6-18,33-34H,4-5,19-29H2,1-3H3,(H,40,47). The fourth-order valence-corrected chi connectivity index (χ4v) is 6.76. The van der Waals surface area contributed by atoms with Gasteiger partial charge in [0.2, 0.25) is 5.91 Å². The van der Waals surface area contributed by atoms with Gasteiger partial charge in [-0.3, -0.25) is 19.8 Å². The molecule has 0 unspecified atom stereocenters. The number of ether oxygens (including phenoxy) is 1. The van der Waals surface area contributed by atoms with Crippen molar-refractivity contribution in [1.82, 2.24) is 19.6 Å². The van der Waals surface area contributed by atoms with E-state index in [2.05, 4.69) is 27.2 Å². The lowest BCUT2D eigenvalue weighted by Gasteiger charge is -2.33. The van der Waals surface area contributed by atoms with Crippen molar-refractivity contribution in [2.24, 2.45) is 5.92 Å². The van der Waals surface area contributed by atoms with E-state index >= 15 is 0 Å². The van der Waals surface area contributed by atoms with Gasteiger partial charge in [-0.25, -0.2) is 4.79 Å². The van der Waals surface area contributed by atoms with Gasteiger partial charge < -0.3 is 19.4 Å². The van der Waals surface area contributed by atoms with E-state index in [-0.39, 0.29) is 17.9 Å². The first-order valence-corrected chi connectivity index (χ1v) is 17.5. The van der Waals surface area contributed by atoms with E-state index in [9.17, 15) is 14.4 Å². The van der Waals surface area contributed by atoms with Gasteiger partial charge in [-0.1, -0.05) is 60.7 Å². The average molecular weight is 654 g/mol. The molecule has 2 saturated heterocycles. The summed E-state index contributed by atoms with van der Waals surface area (Å²) in [6.45, 7) is 11.3. The van der Waals surface area contributed by atoms with Gasteiger partial charge in [0.1, 0.15) is 6.10 Å². The number of hydrogen-bond acceptors (Lipinski definition) is 6. The van der Waals surface area contributed by atoms with Gasteiger partial charge in [0.25, 0.3) is 5.91 Å². The zero-order valence-corrected chi connectivity index (χ0v) is 28.8. The molecular weight excluding hydrogens is 602 g/mol. The second-order valence-electron chi connectivity index (χ2n) is 13.0. The number of amides is 3. The molecular formula is C39H51N5O4. The Morgan fingerprint density at radius 3 is 2.08 bits per heavy atom. The van der Waals surface area contributed by atoms with E-state index in [4.69, 9.17) is 4.74 Å². The maximum atomic E-state index is 13.2. The van der Waals surface area contributed by atoms with Gasteiger partial charge in [-0.05, 0) is 81.9 Å². The Morgan fingerprint density at radius 2 is 1.42 bits per heavy atom. The number of piperidine rings is 2. The van der Waals surface area contributed by atoms with Crippen molar-refractivity contribution in [1.29, 1.82) is 0 Å². The highest BCUT2D eigenvalue weighted by atomic mass is 16.6. The molecule has 0 saturated carbocycles. The predicted molar refractivity (Wildman–Crippen MR) is 191 cm³/mol. The van der Waals surface area contributed by atoms with Crippen LogP contribution in [0.3, 0.4) is 0 Å². The molecule has 0 bridgehead atoms. The monoisotopic (exact) mass is 653 g/mol. The van der Waals surface area contributed by atoms with E-state index < -0.39 is 6.09 Å². The van der Waals surface area contributed by atoms with Crippen LogP contribution in [0.1, 0.15) is 55.5 Å². The van der Waals surface area contributed by atoms with E-state index in [1.807, 2.05) is 92.5 Å². The van der Waals surface area contributed by atoms with Gasteiger partial charge in [-0.15, -0.1) is 0 Å². The van der Waals surface area contributed by atoms with Crippen molar-refractivity contribution in [3.63, 3.8) is 0 Å². The number of hydrogen-bond donors (Lipinski definition) is 1. The van der Waals surface area contributed by atoms with Crippen LogP contribution < -0.4 is 5.32 Å². The molecule has 256 valence electrons.